The van der Waals surface area contributed by atoms with Gasteiger partial charge in [-0.1, -0.05) is 0 Å². The summed E-state index contributed by atoms with van der Waals surface area (Å²) in [7, 11) is 0. The second-order valence-electron chi connectivity index (χ2n) is 1.19. The molecule has 0 rings (SSSR count). The van der Waals surface area contributed by atoms with Crippen LogP contribution in [0.3, 0.4) is 0 Å². The van der Waals surface area contributed by atoms with E-state index in [0.717, 1.165) is 0 Å². The number of carbonyl (C=O) groups is 4. The topological polar surface area (TPSA) is 155 Å². The molecule has 0 aromatic carbocycles. The van der Waals surface area contributed by atoms with Crippen molar-refractivity contribution in [2.24, 2.45) is 0 Å². The molecule has 13 heavy (non-hydrogen) atoms. The summed E-state index contributed by atoms with van der Waals surface area (Å²) in [6, 6.07) is 0. The zero-order valence-corrected chi connectivity index (χ0v) is 6.80. The van der Waals surface area contributed by atoms with Crippen molar-refractivity contribution in [2.75, 3.05) is 0 Å². The fourth-order valence-electron chi connectivity index (χ4n) is 0. The number of carboxylic acids is 4. The van der Waals surface area contributed by atoms with E-state index in [1.165, 1.54) is 0 Å². The molecule has 0 aliphatic rings. The van der Waals surface area contributed by atoms with Crippen LogP contribution in [0.1, 0.15) is 0 Å². The molecule has 0 aromatic heterocycles. The predicted octanol–water partition coefficient (Wildman–Crippen LogP) is -4.36. The van der Waals surface area contributed by atoms with E-state index >= 15 is 0 Å². The van der Waals surface area contributed by atoms with Gasteiger partial charge in [-0.25, -0.2) is 9.59 Å². The number of hydrogen-bond donors (Lipinski definition) is 2. The molecule has 0 aromatic rings. The van der Waals surface area contributed by atoms with Gasteiger partial charge in [-0.05, 0) is 0 Å². The first-order valence-corrected chi connectivity index (χ1v) is 2.17. The van der Waals surface area contributed by atoms with E-state index in [9.17, 15) is 0 Å². The third kappa shape index (κ3) is 17.9. The summed E-state index contributed by atoms with van der Waals surface area (Å²) in [6.45, 7) is 0. The maximum absolute atomic E-state index is 9.04. The molecule has 0 saturated carbocycles. The van der Waals surface area contributed by atoms with Gasteiger partial charge in [0, 0.05) is 0 Å². The molecule has 0 aliphatic carbocycles. The van der Waals surface area contributed by atoms with Crippen LogP contribution < -0.4 is 10.2 Å². The molecule has 0 amide bonds. The molecule has 74 valence electrons. The van der Waals surface area contributed by atoms with E-state index in [0.29, 0.717) is 0 Å². The first kappa shape index (κ1) is 17.5. The van der Waals surface area contributed by atoms with Crippen LogP contribution in [0.4, 0.5) is 0 Å². The summed E-state index contributed by atoms with van der Waals surface area (Å²) in [5.74, 6) is -8.02. The standard InChI is InChI=1S/2C2H2O4.Fe/c2*3-1(4)2(5)6;/h2*(H,3,4)(H,5,6);/q;;+2/p-2. The first-order chi connectivity index (χ1) is 5.29. The maximum atomic E-state index is 9.04. The minimum Gasteiger partial charge on any atom is -0.539 e. The predicted molar refractivity (Wildman–Crippen MR) is 25.3 cm³/mol. The molecule has 2 N–H and O–H groups in total. The SMILES string of the molecule is O=C([O-])C(=O)O.O=C([O-])C(=O)O.[Fe+2]. The molecule has 0 saturated heterocycles. The van der Waals surface area contributed by atoms with Crippen molar-refractivity contribution < 1.29 is 56.7 Å². The van der Waals surface area contributed by atoms with Gasteiger partial charge in [0.25, 0.3) is 0 Å². The number of carbonyl (C=O) groups excluding carboxylic acids is 2. The van der Waals surface area contributed by atoms with Crippen LogP contribution in [-0.4, -0.2) is 34.1 Å². The average Bonchev–Trinajstić information content (AvgIpc) is 1.88. The van der Waals surface area contributed by atoms with Gasteiger partial charge < -0.3 is 30.0 Å². The molecule has 0 bridgehead atoms. The Morgan fingerprint density at radius 1 is 0.769 bits per heavy atom. The Hall–Kier alpha value is -1.60. The molecule has 8 nitrogen and oxygen atoms in total. The largest absolute Gasteiger partial charge is 2.00 e. The van der Waals surface area contributed by atoms with E-state index in [4.69, 9.17) is 39.6 Å². The van der Waals surface area contributed by atoms with Crippen molar-refractivity contribution in [1.82, 2.24) is 0 Å². The zero-order valence-electron chi connectivity index (χ0n) is 5.70. The van der Waals surface area contributed by atoms with E-state index in [1.807, 2.05) is 0 Å². The van der Waals surface area contributed by atoms with Gasteiger partial charge in [0.1, 0.15) is 0 Å². The van der Waals surface area contributed by atoms with Gasteiger partial charge in [0.05, 0.1) is 0 Å². The van der Waals surface area contributed by atoms with Crippen LogP contribution in [0.5, 0.6) is 0 Å². The number of rotatable bonds is 0. The molecule has 0 radical (unpaired) electrons. The number of carboxylic acid groups (broad SMARTS) is 4. The maximum Gasteiger partial charge on any atom is 2.00 e. The third-order valence-electron chi connectivity index (χ3n) is 0.349. The van der Waals surface area contributed by atoms with Gasteiger partial charge >= 0.3 is 29.0 Å². The number of aliphatic carboxylic acids is 4. The number of hydrogen-bond acceptors (Lipinski definition) is 6. The second kappa shape index (κ2) is 8.50. The Labute approximate surface area is 81.3 Å². The van der Waals surface area contributed by atoms with Crippen molar-refractivity contribution in [3.05, 3.63) is 0 Å². The van der Waals surface area contributed by atoms with Gasteiger partial charge in [-0.2, -0.15) is 0 Å². The molecule has 0 spiro atoms. The van der Waals surface area contributed by atoms with Gasteiger partial charge in [0.2, 0.25) is 0 Å². The molecule has 0 unspecified atom stereocenters. The molecule has 0 aliphatic heterocycles. The summed E-state index contributed by atoms with van der Waals surface area (Å²) in [4.78, 5) is 36.1. The van der Waals surface area contributed by atoms with E-state index in [2.05, 4.69) is 0 Å². The quantitative estimate of drug-likeness (QED) is 0.314. The fraction of sp³-hybridized carbons (Fsp3) is 0. The summed E-state index contributed by atoms with van der Waals surface area (Å²) >= 11 is 0. The monoisotopic (exact) mass is 234 g/mol. The fourth-order valence-corrected chi connectivity index (χ4v) is 0. The van der Waals surface area contributed by atoms with Gasteiger partial charge in [-0.15, -0.1) is 0 Å². The van der Waals surface area contributed by atoms with Gasteiger partial charge in [-0.3, -0.25) is 0 Å². The molecule has 9 heteroatoms. The van der Waals surface area contributed by atoms with Crippen molar-refractivity contribution in [1.29, 1.82) is 0 Å². The van der Waals surface area contributed by atoms with Crippen molar-refractivity contribution in [2.45, 2.75) is 0 Å². The third-order valence-corrected chi connectivity index (χ3v) is 0.349. The van der Waals surface area contributed by atoms with Crippen LogP contribution >= 0.6 is 0 Å². The van der Waals surface area contributed by atoms with Crippen molar-refractivity contribution in [3.8, 4) is 0 Å². The molecule has 0 heterocycles. The Balaban J connectivity index is -0.000000143. The van der Waals surface area contributed by atoms with Crippen molar-refractivity contribution in [3.63, 3.8) is 0 Å². The summed E-state index contributed by atoms with van der Waals surface area (Å²) < 4.78 is 0. The van der Waals surface area contributed by atoms with E-state index in [-0.39, 0.29) is 17.1 Å². The van der Waals surface area contributed by atoms with Crippen LogP contribution in [-0.2, 0) is 36.2 Å². The van der Waals surface area contributed by atoms with Crippen LogP contribution in [0.25, 0.3) is 0 Å². The molecular formula is C4H2FeO8. The van der Waals surface area contributed by atoms with Crippen LogP contribution in [0, 0.1) is 0 Å². The van der Waals surface area contributed by atoms with E-state index in [1.54, 1.807) is 0 Å². The molecule has 0 fully saturated rings. The Bertz CT molecular complexity index is 172. The normalized spacial score (nSPS) is 6.77. The van der Waals surface area contributed by atoms with Crippen LogP contribution in [0.2, 0.25) is 0 Å². The summed E-state index contributed by atoms with van der Waals surface area (Å²) in [6.07, 6.45) is 0. The minimum atomic E-state index is -2.07. The second-order valence-corrected chi connectivity index (χ2v) is 1.19. The first-order valence-electron chi connectivity index (χ1n) is 2.17. The average molecular weight is 234 g/mol. The van der Waals surface area contributed by atoms with E-state index < -0.39 is 23.9 Å². The summed E-state index contributed by atoms with van der Waals surface area (Å²) in [5.41, 5.74) is 0. The molecular weight excluding hydrogens is 232 g/mol. The smallest absolute Gasteiger partial charge is 0.539 e. The Morgan fingerprint density at radius 2 is 0.846 bits per heavy atom. The Kier molecular flexibility index (Phi) is 11.4. The molecule has 0 atom stereocenters. The Morgan fingerprint density at radius 3 is 0.846 bits per heavy atom. The summed E-state index contributed by atoms with van der Waals surface area (Å²) in [5, 5.41) is 32.6. The van der Waals surface area contributed by atoms with Crippen LogP contribution in [0.15, 0.2) is 0 Å². The van der Waals surface area contributed by atoms with Crippen molar-refractivity contribution >= 4 is 23.9 Å². The minimum absolute atomic E-state index is 0. The zero-order chi connectivity index (χ0) is 10.3. The van der Waals surface area contributed by atoms with Gasteiger partial charge in [0.15, 0.2) is 11.9 Å².